The van der Waals surface area contributed by atoms with Crippen LogP contribution in [-0.2, 0) is 9.53 Å². The Morgan fingerprint density at radius 3 is 2.59 bits per heavy atom. The number of Topliss-reactive ketones (excluding diaryl/α,β-unsaturated/α-hetero) is 1. The van der Waals surface area contributed by atoms with Gasteiger partial charge in [-0.2, -0.15) is 5.26 Å². The van der Waals surface area contributed by atoms with E-state index in [0.717, 1.165) is 30.7 Å². The van der Waals surface area contributed by atoms with E-state index in [1.165, 1.54) is 6.42 Å². The molecule has 1 aromatic heterocycles. The molecule has 0 aliphatic heterocycles. The minimum atomic E-state index is -0.947. The molecular formula is C17H23N3O2. The lowest BCUT2D eigenvalue weighted by Crippen LogP contribution is -2.29. The molecule has 3 atom stereocenters. The van der Waals surface area contributed by atoms with Crippen molar-refractivity contribution in [2.45, 2.75) is 58.5 Å². The number of rotatable bonds is 5. The SMILES string of the molecule is Cc1cc(C)nc(C(C#N)C(=O)COC2CCCCC2C)n1. The van der Waals surface area contributed by atoms with E-state index in [1.807, 2.05) is 26.0 Å². The quantitative estimate of drug-likeness (QED) is 0.836. The third-order valence-corrected chi connectivity index (χ3v) is 4.18. The van der Waals surface area contributed by atoms with Crippen LogP contribution in [0.5, 0.6) is 0 Å². The molecule has 1 saturated carbocycles. The van der Waals surface area contributed by atoms with Crippen molar-refractivity contribution in [2.24, 2.45) is 5.92 Å². The van der Waals surface area contributed by atoms with Crippen molar-refractivity contribution in [1.82, 2.24) is 9.97 Å². The van der Waals surface area contributed by atoms with Crippen molar-refractivity contribution in [2.75, 3.05) is 6.61 Å². The van der Waals surface area contributed by atoms with E-state index >= 15 is 0 Å². The number of carbonyl (C=O) groups excluding carboxylic acids is 1. The van der Waals surface area contributed by atoms with Crippen LogP contribution in [0.3, 0.4) is 0 Å². The zero-order valence-corrected chi connectivity index (χ0v) is 13.5. The normalized spacial score (nSPS) is 22.8. The molecule has 0 radical (unpaired) electrons. The summed E-state index contributed by atoms with van der Waals surface area (Å²) in [6, 6.07) is 3.84. The number of carbonyl (C=O) groups is 1. The first-order chi connectivity index (χ1) is 10.5. The number of nitriles is 1. The van der Waals surface area contributed by atoms with Crippen LogP contribution in [0.25, 0.3) is 0 Å². The summed E-state index contributed by atoms with van der Waals surface area (Å²) in [7, 11) is 0. The van der Waals surface area contributed by atoms with Crippen LogP contribution in [0.15, 0.2) is 6.07 Å². The lowest BCUT2D eigenvalue weighted by atomic mass is 9.88. The van der Waals surface area contributed by atoms with E-state index in [-0.39, 0.29) is 24.3 Å². The summed E-state index contributed by atoms with van der Waals surface area (Å²) in [5, 5.41) is 9.31. The molecule has 5 nitrogen and oxygen atoms in total. The molecule has 1 fully saturated rings. The summed E-state index contributed by atoms with van der Waals surface area (Å²) < 4.78 is 5.77. The van der Waals surface area contributed by atoms with Gasteiger partial charge in [-0.15, -0.1) is 0 Å². The van der Waals surface area contributed by atoms with Gasteiger partial charge in [-0.25, -0.2) is 9.97 Å². The molecule has 0 saturated heterocycles. The number of ketones is 1. The van der Waals surface area contributed by atoms with Crippen LogP contribution in [0, 0.1) is 31.1 Å². The number of aromatic nitrogens is 2. The fourth-order valence-corrected chi connectivity index (χ4v) is 2.96. The summed E-state index contributed by atoms with van der Waals surface area (Å²) in [6.45, 7) is 5.78. The molecule has 5 heteroatoms. The van der Waals surface area contributed by atoms with E-state index in [0.29, 0.717) is 5.92 Å². The Hall–Kier alpha value is -1.80. The van der Waals surface area contributed by atoms with Crippen molar-refractivity contribution in [1.29, 1.82) is 5.26 Å². The largest absolute Gasteiger partial charge is 0.370 e. The molecule has 118 valence electrons. The van der Waals surface area contributed by atoms with E-state index in [4.69, 9.17) is 4.74 Å². The number of aryl methyl sites for hydroxylation is 2. The average Bonchev–Trinajstić information content (AvgIpc) is 2.46. The molecule has 22 heavy (non-hydrogen) atoms. The molecule has 0 spiro atoms. The molecule has 0 bridgehead atoms. The van der Waals surface area contributed by atoms with Crippen molar-refractivity contribution < 1.29 is 9.53 Å². The fraction of sp³-hybridized carbons (Fsp3) is 0.647. The Morgan fingerprint density at radius 1 is 1.36 bits per heavy atom. The van der Waals surface area contributed by atoms with Crippen LogP contribution in [-0.4, -0.2) is 28.5 Å². The van der Waals surface area contributed by atoms with Crippen LogP contribution in [0.1, 0.15) is 55.7 Å². The van der Waals surface area contributed by atoms with E-state index in [2.05, 4.69) is 16.9 Å². The first-order valence-corrected chi connectivity index (χ1v) is 7.87. The number of ether oxygens (including phenoxy) is 1. The molecule has 0 amide bonds. The van der Waals surface area contributed by atoms with Gasteiger partial charge < -0.3 is 4.74 Å². The molecule has 1 aliphatic rings. The van der Waals surface area contributed by atoms with Crippen LogP contribution in [0.4, 0.5) is 0 Å². The second-order valence-electron chi connectivity index (χ2n) is 6.15. The van der Waals surface area contributed by atoms with E-state index in [9.17, 15) is 10.1 Å². The lowest BCUT2D eigenvalue weighted by molar-refractivity contribution is -0.127. The van der Waals surface area contributed by atoms with Gasteiger partial charge in [0, 0.05) is 11.4 Å². The minimum Gasteiger partial charge on any atom is -0.370 e. The molecule has 3 unspecified atom stereocenters. The first-order valence-electron chi connectivity index (χ1n) is 7.87. The monoisotopic (exact) mass is 301 g/mol. The highest BCUT2D eigenvalue weighted by Gasteiger charge is 2.27. The average molecular weight is 301 g/mol. The first kappa shape index (κ1) is 16.6. The molecule has 0 aromatic carbocycles. The van der Waals surface area contributed by atoms with Crippen LogP contribution >= 0.6 is 0 Å². The molecule has 1 heterocycles. The molecule has 1 aromatic rings. The number of nitrogens with zero attached hydrogens (tertiary/aromatic N) is 3. The van der Waals surface area contributed by atoms with Crippen LogP contribution < -0.4 is 0 Å². The van der Waals surface area contributed by atoms with E-state index in [1.54, 1.807) is 0 Å². The van der Waals surface area contributed by atoms with Gasteiger partial charge in [0.25, 0.3) is 0 Å². The van der Waals surface area contributed by atoms with Gasteiger partial charge in [0.05, 0.1) is 12.2 Å². The fourth-order valence-electron chi connectivity index (χ4n) is 2.96. The highest BCUT2D eigenvalue weighted by molar-refractivity contribution is 5.88. The van der Waals surface area contributed by atoms with Crippen LogP contribution in [0.2, 0.25) is 0 Å². The third-order valence-electron chi connectivity index (χ3n) is 4.18. The summed E-state index contributed by atoms with van der Waals surface area (Å²) in [5.74, 6) is -0.451. The van der Waals surface area contributed by atoms with Crippen molar-refractivity contribution in [3.8, 4) is 6.07 Å². The van der Waals surface area contributed by atoms with Gasteiger partial charge in [-0.3, -0.25) is 4.79 Å². The second-order valence-corrected chi connectivity index (χ2v) is 6.15. The molecule has 2 rings (SSSR count). The Labute approximate surface area is 131 Å². The predicted octanol–water partition coefficient (Wildman–Crippen LogP) is 2.87. The van der Waals surface area contributed by atoms with Gasteiger partial charge >= 0.3 is 0 Å². The Morgan fingerprint density at radius 2 is 2.00 bits per heavy atom. The maximum Gasteiger partial charge on any atom is 0.183 e. The van der Waals surface area contributed by atoms with E-state index < -0.39 is 5.92 Å². The summed E-state index contributed by atoms with van der Waals surface area (Å²) in [4.78, 5) is 20.8. The predicted molar refractivity (Wildman–Crippen MR) is 82.2 cm³/mol. The molecule has 1 aliphatic carbocycles. The smallest absolute Gasteiger partial charge is 0.183 e. The second kappa shape index (κ2) is 7.46. The zero-order chi connectivity index (χ0) is 16.1. The Bertz CT molecular complexity index is 560. The molecular weight excluding hydrogens is 278 g/mol. The van der Waals surface area contributed by atoms with Crippen molar-refractivity contribution in [3.63, 3.8) is 0 Å². The van der Waals surface area contributed by atoms with Crippen molar-refractivity contribution in [3.05, 3.63) is 23.3 Å². The maximum absolute atomic E-state index is 12.3. The number of hydrogen-bond acceptors (Lipinski definition) is 5. The summed E-state index contributed by atoms with van der Waals surface area (Å²) >= 11 is 0. The number of hydrogen-bond donors (Lipinski definition) is 0. The summed E-state index contributed by atoms with van der Waals surface area (Å²) in [6.07, 6.45) is 4.63. The van der Waals surface area contributed by atoms with Gasteiger partial charge in [-0.1, -0.05) is 19.8 Å². The highest BCUT2D eigenvalue weighted by atomic mass is 16.5. The van der Waals surface area contributed by atoms with Gasteiger partial charge in [-0.05, 0) is 38.7 Å². The van der Waals surface area contributed by atoms with Gasteiger partial charge in [0.15, 0.2) is 17.5 Å². The van der Waals surface area contributed by atoms with Crippen molar-refractivity contribution >= 4 is 5.78 Å². The highest BCUT2D eigenvalue weighted by Crippen LogP contribution is 2.26. The zero-order valence-electron chi connectivity index (χ0n) is 13.5. The molecule has 0 N–H and O–H groups in total. The topological polar surface area (TPSA) is 75.9 Å². The Balaban J connectivity index is 2.01. The summed E-state index contributed by atoms with van der Waals surface area (Å²) in [5.41, 5.74) is 1.52. The minimum absolute atomic E-state index is 0.0381. The third kappa shape index (κ3) is 4.11. The lowest BCUT2D eigenvalue weighted by Gasteiger charge is -2.28. The Kier molecular flexibility index (Phi) is 5.62. The maximum atomic E-state index is 12.3. The van der Waals surface area contributed by atoms with Gasteiger partial charge in [0.2, 0.25) is 0 Å². The standard InChI is InChI=1S/C17H23N3O2/c1-11-6-4-5-7-16(11)22-10-15(21)14(9-18)17-19-12(2)8-13(3)20-17/h8,11,14,16H,4-7,10H2,1-3H3. The van der Waals surface area contributed by atoms with Gasteiger partial charge in [0.1, 0.15) is 6.61 Å².